The first-order chi connectivity index (χ1) is 1.41. The second-order valence-electron chi connectivity index (χ2n) is 0.236. The Morgan fingerprint density at radius 1 is 1.60 bits per heavy atom. The molecule has 0 aliphatic rings. The first-order valence-electron chi connectivity index (χ1n) is 0.644. The first-order valence-corrected chi connectivity index (χ1v) is 1.12. The van der Waals surface area contributed by atoms with Crippen molar-refractivity contribution >= 4 is 9.47 Å². The second kappa shape index (κ2) is 16.6. The molecule has 0 rings (SSSR count). The molecule has 0 bridgehead atoms. The molecular weight excluding hydrogens is 348 g/mol. The van der Waals surface area contributed by atoms with E-state index in [0.717, 1.165) is 0 Å². The minimum absolute atomic E-state index is 0. The maximum absolute atomic E-state index is 4.17. The van der Waals surface area contributed by atoms with Crippen LogP contribution in [0.5, 0.6) is 0 Å². The third kappa shape index (κ3) is 23.8. The van der Waals surface area contributed by atoms with E-state index in [-0.39, 0.29) is 49.7 Å². The Bertz CT molecular complexity index is 11.6. The molecule has 0 saturated heterocycles. The topological polar surface area (TPSA) is 9.23 Å². The van der Waals surface area contributed by atoms with Crippen LogP contribution in [0, 0.1) is 31.1 Å². The molecule has 1 radical (unpaired) electrons. The van der Waals surface area contributed by atoms with Gasteiger partial charge in [0.1, 0.15) is 0 Å². The molecule has 0 aromatic heterocycles. The van der Waals surface area contributed by atoms with E-state index in [2.05, 4.69) is 14.0 Å². The summed E-state index contributed by atoms with van der Waals surface area (Å²) in [6.45, 7) is 0. The van der Waals surface area contributed by atoms with E-state index >= 15 is 0 Å². The summed E-state index contributed by atoms with van der Waals surface area (Å²) in [4.78, 5) is 0. The molecule has 0 aliphatic carbocycles. The molecule has 0 amide bonds. The van der Waals surface area contributed by atoms with Gasteiger partial charge in [-0.15, -0.1) is 0 Å². The van der Waals surface area contributed by atoms with Gasteiger partial charge in [-0.05, 0) is 9.47 Å². The van der Waals surface area contributed by atoms with Crippen LogP contribution in [0.2, 0.25) is 0 Å². The Labute approximate surface area is 70.2 Å². The van der Waals surface area contributed by atoms with Crippen LogP contribution in [-0.2, 0) is 23.1 Å². The third-order valence-electron chi connectivity index (χ3n) is 0. The predicted octanol–water partition coefficient (Wildman–Crippen LogP) is 0.420. The molecule has 0 heterocycles. The Morgan fingerprint density at radius 3 is 1.60 bits per heavy atom. The Balaban J connectivity index is -0.0000000200. The average molecular weight is 353 g/mol. The van der Waals surface area contributed by atoms with Crippen LogP contribution in [-0.4, -0.2) is 7.11 Å². The molecule has 0 saturated carbocycles. The van der Waals surface area contributed by atoms with Crippen molar-refractivity contribution in [3.05, 3.63) is 0 Å². The fourth-order valence-corrected chi connectivity index (χ4v) is 0. The Kier molecular flexibility index (Phi) is 52.3. The molecule has 29 valence electrons. The maximum Gasteiger partial charge on any atom is 0.0391 e. The zero-order valence-corrected chi connectivity index (χ0v) is 9.65. The van der Waals surface area contributed by atoms with E-state index in [1.807, 2.05) is 0 Å². The summed E-state index contributed by atoms with van der Waals surface area (Å²) >= 11 is 0. The van der Waals surface area contributed by atoms with Crippen molar-refractivity contribution in [3.8, 4) is 0 Å². The van der Waals surface area contributed by atoms with E-state index in [0.29, 0.717) is 0 Å². The van der Waals surface area contributed by atoms with Crippen LogP contribution >= 0.6 is 9.47 Å². The van der Waals surface area contributed by atoms with Crippen LogP contribution < -0.4 is 0 Å². The summed E-state index contributed by atoms with van der Waals surface area (Å²) in [5, 5.41) is 0. The van der Waals surface area contributed by atoms with E-state index < -0.39 is 0 Å². The SMILES string of the molecule is COP.[U].[V]. The van der Waals surface area contributed by atoms with Crippen LogP contribution in [0.1, 0.15) is 0 Å². The van der Waals surface area contributed by atoms with Gasteiger partial charge in [0.15, 0.2) is 0 Å². The van der Waals surface area contributed by atoms with Crippen LogP contribution in [0.4, 0.5) is 0 Å². The summed E-state index contributed by atoms with van der Waals surface area (Å²) in [5.74, 6) is 0. The van der Waals surface area contributed by atoms with Gasteiger partial charge in [0.25, 0.3) is 0 Å². The van der Waals surface area contributed by atoms with Crippen molar-refractivity contribution < 1.29 is 54.2 Å². The minimum Gasteiger partial charge on any atom is -0.369 e. The van der Waals surface area contributed by atoms with Crippen molar-refractivity contribution in [3.63, 3.8) is 0 Å². The smallest absolute Gasteiger partial charge is 0.0391 e. The van der Waals surface area contributed by atoms with E-state index in [1.165, 1.54) is 0 Å². The van der Waals surface area contributed by atoms with E-state index in [9.17, 15) is 0 Å². The average Bonchev–Trinajstić information content (AvgIpc) is 0.918. The summed E-state index contributed by atoms with van der Waals surface area (Å²) in [6, 6.07) is 0. The number of hydrogen-bond acceptors (Lipinski definition) is 1. The van der Waals surface area contributed by atoms with Crippen LogP contribution in [0.25, 0.3) is 0 Å². The predicted molar refractivity (Wildman–Crippen MR) is 16.7 cm³/mol. The standard InChI is InChI=1S/CH5OP.U.V/c1-2-3;;/h3H2,1H3;;. The Hall–Kier alpha value is 2.03. The largest absolute Gasteiger partial charge is 0.369 e. The fraction of sp³-hybridized carbons (Fsp3) is 1.00. The van der Waals surface area contributed by atoms with E-state index in [4.69, 9.17) is 0 Å². The first kappa shape index (κ1) is 15.7. The summed E-state index contributed by atoms with van der Waals surface area (Å²) < 4.78 is 4.17. The molecule has 1 atom stereocenters. The van der Waals surface area contributed by atoms with Crippen molar-refractivity contribution in [2.24, 2.45) is 0 Å². The molecule has 5 heavy (non-hydrogen) atoms. The molecule has 0 fully saturated rings. The quantitative estimate of drug-likeness (QED) is 0.574. The van der Waals surface area contributed by atoms with Crippen LogP contribution in [0.15, 0.2) is 0 Å². The summed E-state index contributed by atoms with van der Waals surface area (Å²) in [6.07, 6.45) is 0. The molecule has 0 aliphatic heterocycles. The monoisotopic (exact) mass is 353 g/mol. The van der Waals surface area contributed by atoms with Gasteiger partial charge in [-0.2, -0.15) is 0 Å². The zero-order chi connectivity index (χ0) is 2.71. The minimum atomic E-state index is 0. The van der Waals surface area contributed by atoms with Crippen molar-refractivity contribution in [1.82, 2.24) is 0 Å². The van der Waals surface area contributed by atoms with Gasteiger partial charge in [-0.25, -0.2) is 0 Å². The third-order valence-corrected chi connectivity index (χ3v) is 0. The summed E-state index contributed by atoms with van der Waals surface area (Å²) in [5.41, 5.74) is 0. The van der Waals surface area contributed by atoms with Gasteiger partial charge in [-0.3, -0.25) is 0 Å². The molecule has 0 spiro atoms. The molecule has 0 N–H and O–H groups in total. The number of hydrogen-bond donors (Lipinski definition) is 0. The summed E-state index contributed by atoms with van der Waals surface area (Å²) in [7, 11) is 3.67. The Morgan fingerprint density at radius 2 is 1.60 bits per heavy atom. The van der Waals surface area contributed by atoms with E-state index in [1.54, 1.807) is 7.11 Å². The van der Waals surface area contributed by atoms with Crippen molar-refractivity contribution in [2.45, 2.75) is 0 Å². The molecule has 1 unspecified atom stereocenters. The van der Waals surface area contributed by atoms with Crippen molar-refractivity contribution in [2.75, 3.05) is 7.11 Å². The van der Waals surface area contributed by atoms with Gasteiger partial charge in [0, 0.05) is 56.8 Å². The normalized spacial score (nSPS) is 3.60. The molecular formula is CH5OPUV. The van der Waals surface area contributed by atoms with Gasteiger partial charge in [0.2, 0.25) is 0 Å². The maximum atomic E-state index is 4.17. The van der Waals surface area contributed by atoms with Gasteiger partial charge < -0.3 is 4.52 Å². The molecule has 1 nitrogen and oxygen atoms in total. The van der Waals surface area contributed by atoms with Crippen molar-refractivity contribution in [1.29, 1.82) is 0 Å². The number of rotatable bonds is 0. The van der Waals surface area contributed by atoms with Crippen LogP contribution in [0.3, 0.4) is 0 Å². The zero-order valence-electron chi connectivity index (χ0n) is 2.93. The van der Waals surface area contributed by atoms with Gasteiger partial charge in [0.05, 0.1) is 0 Å². The molecule has 0 aromatic rings. The van der Waals surface area contributed by atoms with Gasteiger partial charge >= 0.3 is 0 Å². The fourth-order valence-electron chi connectivity index (χ4n) is 0. The second-order valence-corrected chi connectivity index (χ2v) is 0.707. The molecule has 0 aromatic carbocycles. The van der Waals surface area contributed by atoms with Gasteiger partial charge in [-0.1, -0.05) is 0 Å². The molecule has 4 heteroatoms.